The van der Waals surface area contributed by atoms with Crippen molar-refractivity contribution in [2.24, 2.45) is 5.92 Å². The fourth-order valence-electron chi connectivity index (χ4n) is 2.69. The molecule has 4 nitrogen and oxygen atoms in total. The van der Waals surface area contributed by atoms with Crippen LogP contribution in [-0.4, -0.2) is 22.7 Å². The molecule has 1 aliphatic rings. The molecule has 1 aromatic carbocycles. The summed E-state index contributed by atoms with van der Waals surface area (Å²) < 4.78 is 5.46. The summed E-state index contributed by atoms with van der Waals surface area (Å²) in [4.78, 5) is 4.58. The number of rotatable bonds is 7. The zero-order valence-electron chi connectivity index (χ0n) is 12.8. The van der Waals surface area contributed by atoms with Crippen molar-refractivity contribution in [1.29, 1.82) is 0 Å². The predicted octanol–water partition coefficient (Wildman–Crippen LogP) is 3.37. The Labute approximate surface area is 126 Å². The minimum absolute atomic E-state index is 0.482. The van der Waals surface area contributed by atoms with Gasteiger partial charge < -0.3 is 9.84 Å². The van der Waals surface area contributed by atoms with Gasteiger partial charge in [-0.3, -0.25) is 0 Å². The lowest BCUT2D eigenvalue weighted by Crippen LogP contribution is -2.33. The van der Waals surface area contributed by atoms with Crippen LogP contribution in [0.3, 0.4) is 0 Å². The first-order valence-corrected chi connectivity index (χ1v) is 7.90. The number of nitrogens with zero attached hydrogens (tertiary/aromatic N) is 2. The molecule has 1 fully saturated rings. The van der Waals surface area contributed by atoms with Crippen molar-refractivity contribution in [3.05, 3.63) is 35.7 Å². The SMILES string of the molecule is CCCNC(Cc1nc(-c2ccccc2C)no1)C1CC1. The van der Waals surface area contributed by atoms with Crippen LogP contribution in [0.4, 0.5) is 0 Å². The molecule has 1 aromatic heterocycles. The zero-order chi connectivity index (χ0) is 14.7. The first-order valence-electron chi connectivity index (χ1n) is 7.90. The van der Waals surface area contributed by atoms with Gasteiger partial charge in [0.2, 0.25) is 11.7 Å². The van der Waals surface area contributed by atoms with Crippen molar-refractivity contribution in [2.45, 2.75) is 45.6 Å². The lowest BCUT2D eigenvalue weighted by Gasteiger charge is -2.15. The quantitative estimate of drug-likeness (QED) is 0.847. The van der Waals surface area contributed by atoms with Crippen molar-refractivity contribution in [1.82, 2.24) is 15.5 Å². The number of nitrogens with one attached hydrogen (secondary N) is 1. The van der Waals surface area contributed by atoms with E-state index in [-0.39, 0.29) is 0 Å². The van der Waals surface area contributed by atoms with E-state index in [9.17, 15) is 0 Å². The molecule has 21 heavy (non-hydrogen) atoms. The van der Waals surface area contributed by atoms with Gasteiger partial charge in [0, 0.05) is 18.0 Å². The molecule has 1 heterocycles. The Morgan fingerprint density at radius 1 is 1.33 bits per heavy atom. The molecule has 1 N–H and O–H groups in total. The minimum atomic E-state index is 0.482. The standard InChI is InChI=1S/C17H23N3O/c1-3-10-18-15(13-8-9-13)11-16-19-17(20-21-16)14-7-5-4-6-12(14)2/h4-7,13,15,18H,3,8-11H2,1-2H3. The second-order valence-electron chi connectivity index (χ2n) is 5.93. The van der Waals surface area contributed by atoms with Crippen molar-refractivity contribution in [3.63, 3.8) is 0 Å². The van der Waals surface area contributed by atoms with Crippen LogP contribution in [0.1, 0.15) is 37.6 Å². The number of hydrogen-bond donors (Lipinski definition) is 1. The van der Waals surface area contributed by atoms with Crippen LogP contribution < -0.4 is 5.32 Å². The normalized spacial score (nSPS) is 16.1. The first-order chi connectivity index (χ1) is 10.3. The van der Waals surface area contributed by atoms with E-state index < -0.39 is 0 Å². The third kappa shape index (κ3) is 3.50. The monoisotopic (exact) mass is 285 g/mol. The molecule has 4 heteroatoms. The van der Waals surface area contributed by atoms with Crippen molar-refractivity contribution >= 4 is 0 Å². The summed E-state index contributed by atoms with van der Waals surface area (Å²) in [5, 5.41) is 7.76. The van der Waals surface area contributed by atoms with E-state index in [1.54, 1.807) is 0 Å². The van der Waals surface area contributed by atoms with Crippen LogP contribution >= 0.6 is 0 Å². The predicted molar refractivity (Wildman–Crippen MR) is 83.0 cm³/mol. The molecule has 0 saturated heterocycles. The molecule has 1 saturated carbocycles. The smallest absolute Gasteiger partial charge is 0.228 e. The molecular formula is C17H23N3O. The molecule has 0 bridgehead atoms. The molecule has 0 amide bonds. The van der Waals surface area contributed by atoms with Crippen LogP contribution in [0.15, 0.2) is 28.8 Å². The summed E-state index contributed by atoms with van der Waals surface area (Å²) in [7, 11) is 0. The molecule has 1 atom stereocenters. The molecule has 112 valence electrons. The van der Waals surface area contributed by atoms with Crippen LogP contribution in [0.25, 0.3) is 11.4 Å². The summed E-state index contributed by atoms with van der Waals surface area (Å²) in [5.74, 6) is 2.23. The fraction of sp³-hybridized carbons (Fsp3) is 0.529. The van der Waals surface area contributed by atoms with E-state index in [0.29, 0.717) is 11.9 Å². The Morgan fingerprint density at radius 3 is 2.86 bits per heavy atom. The Bertz CT molecular complexity index is 589. The van der Waals surface area contributed by atoms with Gasteiger partial charge in [-0.05, 0) is 44.2 Å². The van der Waals surface area contributed by atoms with Gasteiger partial charge in [0.25, 0.3) is 0 Å². The van der Waals surface area contributed by atoms with Gasteiger partial charge in [-0.25, -0.2) is 0 Å². The van der Waals surface area contributed by atoms with Crippen molar-refractivity contribution in [3.8, 4) is 11.4 Å². The second kappa shape index (κ2) is 6.39. The topological polar surface area (TPSA) is 51.0 Å². The van der Waals surface area contributed by atoms with E-state index in [2.05, 4.69) is 35.4 Å². The van der Waals surface area contributed by atoms with Gasteiger partial charge in [-0.15, -0.1) is 0 Å². The lowest BCUT2D eigenvalue weighted by atomic mass is 10.1. The largest absolute Gasteiger partial charge is 0.339 e. The highest BCUT2D eigenvalue weighted by atomic mass is 16.5. The average Bonchev–Trinajstić information content (AvgIpc) is 3.24. The summed E-state index contributed by atoms with van der Waals surface area (Å²) in [5.41, 5.74) is 2.23. The Kier molecular flexibility index (Phi) is 4.34. The number of hydrogen-bond acceptors (Lipinski definition) is 4. The highest BCUT2D eigenvalue weighted by molar-refractivity contribution is 5.58. The van der Waals surface area contributed by atoms with Crippen molar-refractivity contribution < 1.29 is 4.52 Å². The molecule has 0 spiro atoms. The van der Waals surface area contributed by atoms with Gasteiger partial charge in [0.15, 0.2) is 0 Å². The van der Waals surface area contributed by atoms with Crippen LogP contribution in [-0.2, 0) is 6.42 Å². The second-order valence-corrected chi connectivity index (χ2v) is 5.93. The third-order valence-corrected chi connectivity index (χ3v) is 4.10. The molecule has 0 aliphatic heterocycles. The molecule has 3 rings (SSSR count). The van der Waals surface area contributed by atoms with Gasteiger partial charge in [0.1, 0.15) is 0 Å². The van der Waals surface area contributed by atoms with Crippen molar-refractivity contribution in [2.75, 3.05) is 6.54 Å². The summed E-state index contributed by atoms with van der Waals surface area (Å²) >= 11 is 0. The van der Waals surface area contributed by atoms with Gasteiger partial charge in [0.05, 0.1) is 0 Å². The fourth-order valence-corrected chi connectivity index (χ4v) is 2.69. The number of benzene rings is 1. The van der Waals surface area contributed by atoms with Gasteiger partial charge in [-0.1, -0.05) is 36.3 Å². The Hall–Kier alpha value is -1.68. The zero-order valence-corrected chi connectivity index (χ0v) is 12.8. The van der Waals surface area contributed by atoms with Crippen LogP contribution in [0.5, 0.6) is 0 Å². The van der Waals surface area contributed by atoms with E-state index in [1.807, 2.05) is 18.2 Å². The minimum Gasteiger partial charge on any atom is -0.339 e. The molecular weight excluding hydrogens is 262 g/mol. The van der Waals surface area contributed by atoms with E-state index in [1.165, 1.54) is 18.4 Å². The summed E-state index contributed by atoms with van der Waals surface area (Å²) in [6.07, 6.45) is 4.63. The molecule has 1 aliphatic carbocycles. The number of aryl methyl sites for hydroxylation is 1. The number of aromatic nitrogens is 2. The van der Waals surface area contributed by atoms with Gasteiger partial charge >= 0.3 is 0 Å². The maximum absolute atomic E-state index is 5.46. The molecule has 1 unspecified atom stereocenters. The maximum Gasteiger partial charge on any atom is 0.228 e. The molecule has 0 radical (unpaired) electrons. The lowest BCUT2D eigenvalue weighted by molar-refractivity contribution is 0.346. The summed E-state index contributed by atoms with van der Waals surface area (Å²) in [6.45, 7) is 5.32. The van der Waals surface area contributed by atoms with E-state index in [4.69, 9.17) is 4.52 Å². The molecule has 2 aromatic rings. The summed E-state index contributed by atoms with van der Waals surface area (Å²) in [6, 6.07) is 8.63. The highest BCUT2D eigenvalue weighted by Gasteiger charge is 2.32. The Balaban J connectivity index is 1.71. The third-order valence-electron chi connectivity index (χ3n) is 4.10. The van der Waals surface area contributed by atoms with E-state index in [0.717, 1.165) is 36.8 Å². The van der Waals surface area contributed by atoms with Crippen LogP contribution in [0, 0.1) is 12.8 Å². The first kappa shape index (κ1) is 14.3. The van der Waals surface area contributed by atoms with Gasteiger partial charge in [-0.2, -0.15) is 4.98 Å². The highest BCUT2D eigenvalue weighted by Crippen LogP contribution is 2.34. The maximum atomic E-state index is 5.46. The van der Waals surface area contributed by atoms with E-state index >= 15 is 0 Å². The Morgan fingerprint density at radius 2 is 2.14 bits per heavy atom. The van der Waals surface area contributed by atoms with Crippen LogP contribution in [0.2, 0.25) is 0 Å². The average molecular weight is 285 g/mol.